The van der Waals surface area contributed by atoms with Crippen LogP contribution in [0.5, 0.6) is 0 Å². The first-order valence-corrected chi connectivity index (χ1v) is 14.9. The quantitative estimate of drug-likeness (QED) is 0.218. The molecule has 0 aliphatic heterocycles. The van der Waals surface area contributed by atoms with Crippen molar-refractivity contribution < 1.29 is 0 Å². The molecule has 0 aliphatic rings. The Morgan fingerprint density at radius 1 is 0.476 bits per heavy atom. The molecule has 0 fully saturated rings. The van der Waals surface area contributed by atoms with Gasteiger partial charge in [-0.2, -0.15) is 0 Å². The summed E-state index contributed by atoms with van der Waals surface area (Å²) in [6.07, 6.45) is 0. The van der Waals surface area contributed by atoms with Crippen LogP contribution in [0.25, 0.3) is 81.2 Å². The molecule has 9 rings (SSSR count). The van der Waals surface area contributed by atoms with Crippen LogP contribution >= 0.6 is 11.3 Å². The van der Waals surface area contributed by atoms with Gasteiger partial charge in [0.25, 0.3) is 0 Å². The summed E-state index contributed by atoms with van der Waals surface area (Å²) in [4.78, 5) is 10.3. The van der Waals surface area contributed by atoms with Crippen molar-refractivity contribution in [1.29, 1.82) is 0 Å². The van der Waals surface area contributed by atoms with Gasteiger partial charge in [0.05, 0.1) is 22.2 Å². The topological polar surface area (TPSA) is 30.7 Å². The second-order valence-corrected chi connectivity index (χ2v) is 11.7. The van der Waals surface area contributed by atoms with Crippen LogP contribution in [-0.4, -0.2) is 14.5 Å². The number of aromatic nitrogens is 3. The van der Waals surface area contributed by atoms with Crippen molar-refractivity contribution in [2.24, 2.45) is 0 Å². The predicted octanol–water partition coefficient (Wildman–Crippen LogP) is 10.4. The molecule has 0 bridgehead atoms. The minimum absolute atomic E-state index is 0.679. The van der Waals surface area contributed by atoms with Crippen molar-refractivity contribution in [3.05, 3.63) is 140 Å². The first-order valence-electron chi connectivity index (χ1n) is 14.1. The summed E-state index contributed by atoms with van der Waals surface area (Å²) >= 11 is 1.87. The Labute approximate surface area is 246 Å². The largest absolute Gasteiger partial charge is 0.278 e. The zero-order valence-corrected chi connectivity index (χ0v) is 23.3. The summed E-state index contributed by atoms with van der Waals surface area (Å²) in [6.45, 7) is 0. The van der Waals surface area contributed by atoms with Crippen LogP contribution in [0.2, 0.25) is 0 Å². The van der Waals surface area contributed by atoms with Crippen molar-refractivity contribution in [2.45, 2.75) is 0 Å². The van der Waals surface area contributed by atoms with E-state index in [1.165, 1.54) is 42.1 Å². The molecule has 0 saturated carbocycles. The standard InChI is InChI=1S/C38H23N3S/c1-2-11-24(12-3-1)36-30-15-4-7-18-32(30)39-38(40-36)41-33-19-8-5-13-27(33)31-23-25(21-22-34(31)41)26-16-10-17-29-28-14-6-9-20-35(28)42-37(26)29/h1-23H. The minimum Gasteiger partial charge on any atom is -0.278 e. The van der Waals surface area contributed by atoms with E-state index in [1.807, 2.05) is 23.5 Å². The molecule has 3 heterocycles. The molecule has 0 spiro atoms. The molecule has 42 heavy (non-hydrogen) atoms. The fraction of sp³-hybridized carbons (Fsp3) is 0. The average Bonchev–Trinajstić information content (AvgIpc) is 3.60. The normalized spacial score (nSPS) is 11.8. The molecule has 0 amide bonds. The summed E-state index contributed by atoms with van der Waals surface area (Å²) < 4.78 is 4.86. The molecule has 4 heteroatoms. The van der Waals surface area contributed by atoms with Crippen LogP contribution in [0, 0.1) is 0 Å². The fourth-order valence-electron chi connectivity index (χ4n) is 6.31. The molecule has 0 unspecified atom stereocenters. The molecular formula is C38H23N3S. The number of thiophene rings is 1. The number of para-hydroxylation sites is 2. The first kappa shape index (κ1) is 23.4. The number of hydrogen-bond acceptors (Lipinski definition) is 3. The highest BCUT2D eigenvalue weighted by molar-refractivity contribution is 7.26. The lowest BCUT2D eigenvalue weighted by molar-refractivity contribution is 1.01. The molecule has 9 aromatic rings. The third kappa shape index (κ3) is 3.46. The smallest absolute Gasteiger partial charge is 0.235 e. The maximum atomic E-state index is 5.21. The van der Waals surface area contributed by atoms with Crippen LogP contribution in [0.4, 0.5) is 0 Å². The van der Waals surface area contributed by atoms with Gasteiger partial charge < -0.3 is 0 Å². The SMILES string of the molecule is c1ccc(-c2nc(-n3c4ccccc4c4cc(-c5cccc6c5sc5ccccc56)ccc43)nc3ccccc23)cc1. The van der Waals surface area contributed by atoms with Gasteiger partial charge in [0.1, 0.15) is 0 Å². The van der Waals surface area contributed by atoms with Crippen molar-refractivity contribution in [1.82, 2.24) is 14.5 Å². The molecule has 3 nitrogen and oxygen atoms in total. The molecule has 0 radical (unpaired) electrons. The first-order chi connectivity index (χ1) is 20.8. The Morgan fingerprint density at radius 2 is 1.19 bits per heavy atom. The van der Waals surface area contributed by atoms with E-state index in [-0.39, 0.29) is 0 Å². The zero-order chi connectivity index (χ0) is 27.6. The van der Waals surface area contributed by atoms with E-state index in [0.29, 0.717) is 5.95 Å². The summed E-state index contributed by atoms with van der Waals surface area (Å²) in [5, 5.41) is 6.07. The Kier molecular flexibility index (Phi) is 5.07. The Balaban J connectivity index is 1.31. The minimum atomic E-state index is 0.679. The van der Waals surface area contributed by atoms with Gasteiger partial charge in [-0.25, -0.2) is 9.97 Å². The van der Waals surface area contributed by atoms with Crippen LogP contribution in [0.15, 0.2) is 140 Å². The van der Waals surface area contributed by atoms with Gasteiger partial charge in [0.15, 0.2) is 0 Å². The van der Waals surface area contributed by atoms with Crippen LogP contribution in [0.1, 0.15) is 0 Å². The van der Waals surface area contributed by atoms with Crippen molar-refractivity contribution >= 4 is 64.2 Å². The van der Waals surface area contributed by atoms with Gasteiger partial charge in [0.2, 0.25) is 5.95 Å². The summed E-state index contributed by atoms with van der Waals surface area (Å²) in [6, 6.07) is 49.4. The van der Waals surface area contributed by atoms with E-state index in [9.17, 15) is 0 Å². The predicted molar refractivity (Wildman–Crippen MR) is 178 cm³/mol. The Bertz CT molecular complexity index is 2470. The lowest BCUT2D eigenvalue weighted by atomic mass is 10.0. The van der Waals surface area contributed by atoms with E-state index in [0.717, 1.165) is 33.2 Å². The lowest BCUT2D eigenvalue weighted by Crippen LogP contribution is -2.03. The fourth-order valence-corrected chi connectivity index (χ4v) is 7.55. The second kappa shape index (κ2) is 9.10. The summed E-state index contributed by atoms with van der Waals surface area (Å²) in [7, 11) is 0. The van der Waals surface area contributed by atoms with Crippen molar-refractivity contribution in [3.8, 4) is 28.3 Å². The molecular weight excluding hydrogens is 531 g/mol. The summed E-state index contributed by atoms with van der Waals surface area (Å²) in [5.74, 6) is 0.679. The molecule has 0 atom stereocenters. The number of fused-ring (bicyclic) bond motifs is 7. The molecule has 0 saturated heterocycles. The lowest BCUT2D eigenvalue weighted by Gasteiger charge is -2.12. The zero-order valence-electron chi connectivity index (χ0n) is 22.5. The van der Waals surface area contributed by atoms with E-state index in [1.54, 1.807) is 0 Å². The van der Waals surface area contributed by atoms with E-state index in [4.69, 9.17) is 9.97 Å². The molecule has 6 aromatic carbocycles. The number of rotatable bonds is 3. The van der Waals surface area contributed by atoms with Gasteiger partial charge in [-0.05, 0) is 41.5 Å². The molecule has 0 aliphatic carbocycles. The van der Waals surface area contributed by atoms with Gasteiger partial charge in [0, 0.05) is 41.9 Å². The highest BCUT2D eigenvalue weighted by Gasteiger charge is 2.18. The van der Waals surface area contributed by atoms with Gasteiger partial charge >= 0.3 is 0 Å². The molecule has 196 valence electrons. The average molecular weight is 554 g/mol. The number of nitrogens with zero attached hydrogens (tertiary/aromatic N) is 3. The maximum Gasteiger partial charge on any atom is 0.235 e. The highest BCUT2D eigenvalue weighted by atomic mass is 32.1. The van der Waals surface area contributed by atoms with Crippen LogP contribution < -0.4 is 0 Å². The van der Waals surface area contributed by atoms with Gasteiger partial charge in [-0.1, -0.05) is 109 Å². The van der Waals surface area contributed by atoms with E-state index >= 15 is 0 Å². The Hall–Kier alpha value is -5.32. The molecule has 3 aromatic heterocycles. The van der Waals surface area contributed by atoms with Crippen LogP contribution in [0.3, 0.4) is 0 Å². The van der Waals surface area contributed by atoms with Gasteiger partial charge in [-0.3, -0.25) is 4.57 Å². The second-order valence-electron chi connectivity index (χ2n) is 10.6. The van der Waals surface area contributed by atoms with Crippen molar-refractivity contribution in [2.75, 3.05) is 0 Å². The number of benzene rings is 6. The third-order valence-electron chi connectivity index (χ3n) is 8.23. The van der Waals surface area contributed by atoms with E-state index in [2.05, 4.69) is 132 Å². The Morgan fingerprint density at radius 3 is 2.10 bits per heavy atom. The van der Waals surface area contributed by atoms with E-state index < -0.39 is 0 Å². The number of hydrogen-bond donors (Lipinski definition) is 0. The van der Waals surface area contributed by atoms with Gasteiger partial charge in [-0.15, -0.1) is 11.3 Å². The molecule has 0 N–H and O–H groups in total. The monoisotopic (exact) mass is 553 g/mol. The maximum absolute atomic E-state index is 5.21. The van der Waals surface area contributed by atoms with Crippen molar-refractivity contribution in [3.63, 3.8) is 0 Å². The summed E-state index contributed by atoms with van der Waals surface area (Å²) in [5.41, 5.74) is 7.62. The third-order valence-corrected chi connectivity index (χ3v) is 9.45. The van der Waals surface area contributed by atoms with Crippen LogP contribution in [-0.2, 0) is 0 Å². The highest BCUT2D eigenvalue weighted by Crippen LogP contribution is 2.42.